The fourth-order valence-electron chi connectivity index (χ4n) is 1.16. The van der Waals surface area contributed by atoms with Crippen molar-refractivity contribution in [1.82, 2.24) is 0 Å². The predicted octanol–water partition coefficient (Wildman–Crippen LogP) is 3.55. The van der Waals surface area contributed by atoms with Crippen LogP contribution in [0.5, 0.6) is 0 Å². The van der Waals surface area contributed by atoms with Gasteiger partial charge in [0, 0.05) is 16.8 Å². The number of hydrogen-bond acceptors (Lipinski definition) is 1. The van der Waals surface area contributed by atoms with Crippen LogP contribution in [0.2, 0.25) is 5.02 Å². The summed E-state index contributed by atoms with van der Waals surface area (Å²) < 4.78 is 0. The number of allylic oxidation sites excluding steroid dienone is 1. The fourth-order valence-corrected chi connectivity index (χ4v) is 1.33. The Bertz CT molecular complexity index is 406. The van der Waals surface area contributed by atoms with Crippen molar-refractivity contribution in [3.63, 3.8) is 0 Å². The Hall–Kier alpha value is -1.28. The number of carbonyl (C=O) groups excluding carboxylic acids is 1. The quantitative estimate of drug-likeness (QED) is 0.764. The van der Waals surface area contributed by atoms with Crippen molar-refractivity contribution in [1.29, 1.82) is 0 Å². The number of nitrogens with one attached hydrogen (secondary N) is 1. The molecule has 0 bridgehead atoms. The summed E-state index contributed by atoms with van der Waals surface area (Å²) in [4.78, 5) is 11.5. The first kappa shape index (κ1) is 11.8. The molecule has 0 aromatic heterocycles. The number of rotatable bonds is 2. The molecule has 0 saturated carbocycles. The summed E-state index contributed by atoms with van der Waals surface area (Å²) >= 11 is 5.84. The summed E-state index contributed by atoms with van der Waals surface area (Å²) in [7, 11) is 0. The minimum absolute atomic E-state index is 0.125. The van der Waals surface area contributed by atoms with Crippen LogP contribution < -0.4 is 5.32 Å². The normalized spacial score (nSPS) is 9.60. The van der Waals surface area contributed by atoms with Gasteiger partial charge in [-0.15, -0.1) is 0 Å². The maximum absolute atomic E-state index is 11.5. The zero-order valence-electron chi connectivity index (χ0n) is 9.10. The zero-order valence-corrected chi connectivity index (χ0v) is 9.85. The van der Waals surface area contributed by atoms with E-state index in [0.29, 0.717) is 5.02 Å². The maximum atomic E-state index is 11.5. The third kappa shape index (κ3) is 3.76. The van der Waals surface area contributed by atoms with E-state index >= 15 is 0 Å². The molecule has 1 rings (SSSR count). The van der Waals surface area contributed by atoms with Gasteiger partial charge in [0.05, 0.1) is 0 Å². The van der Waals surface area contributed by atoms with Crippen LogP contribution in [0.15, 0.2) is 29.8 Å². The first-order chi connectivity index (χ1) is 6.99. The Labute approximate surface area is 94.9 Å². The van der Waals surface area contributed by atoms with Gasteiger partial charge in [-0.1, -0.05) is 23.2 Å². The lowest BCUT2D eigenvalue weighted by atomic mass is 10.2. The average molecular weight is 224 g/mol. The van der Waals surface area contributed by atoms with Crippen molar-refractivity contribution in [2.45, 2.75) is 20.8 Å². The molecule has 1 aromatic rings. The third-order valence-electron chi connectivity index (χ3n) is 1.88. The van der Waals surface area contributed by atoms with E-state index in [1.165, 1.54) is 0 Å². The van der Waals surface area contributed by atoms with Gasteiger partial charge < -0.3 is 5.32 Å². The molecular formula is C12H14ClNO. The van der Waals surface area contributed by atoms with Gasteiger partial charge in [0.25, 0.3) is 0 Å². The van der Waals surface area contributed by atoms with Crippen LogP contribution in [0, 0.1) is 6.92 Å². The van der Waals surface area contributed by atoms with E-state index in [1.54, 1.807) is 18.2 Å². The number of benzene rings is 1. The first-order valence-electron chi connectivity index (χ1n) is 4.71. The van der Waals surface area contributed by atoms with Crippen LogP contribution in [-0.4, -0.2) is 5.91 Å². The van der Waals surface area contributed by atoms with E-state index in [2.05, 4.69) is 5.32 Å². The van der Waals surface area contributed by atoms with Crippen molar-refractivity contribution in [2.24, 2.45) is 0 Å². The van der Waals surface area contributed by atoms with Crippen molar-refractivity contribution in [3.8, 4) is 0 Å². The predicted molar refractivity (Wildman–Crippen MR) is 64.2 cm³/mol. The van der Waals surface area contributed by atoms with Gasteiger partial charge >= 0.3 is 0 Å². The highest BCUT2D eigenvalue weighted by molar-refractivity contribution is 6.31. The zero-order chi connectivity index (χ0) is 11.4. The van der Waals surface area contributed by atoms with Crippen molar-refractivity contribution in [2.75, 3.05) is 5.32 Å². The molecule has 15 heavy (non-hydrogen) atoms. The van der Waals surface area contributed by atoms with Gasteiger partial charge in [0.1, 0.15) is 0 Å². The van der Waals surface area contributed by atoms with E-state index in [9.17, 15) is 4.79 Å². The maximum Gasteiger partial charge on any atom is 0.248 e. The van der Waals surface area contributed by atoms with Gasteiger partial charge in [0.2, 0.25) is 5.91 Å². The highest BCUT2D eigenvalue weighted by Crippen LogP contribution is 2.20. The molecule has 0 saturated heterocycles. The van der Waals surface area contributed by atoms with Gasteiger partial charge in [-0.2, -0.15) is 0 Å². The smallest absolute Gasteiger partial charge is 0.248 e. The minimum atomic E-state index is -0.125. The molecule has 0 aliphatic heterocycles. The first-order valence-corrected chi connectivity index (χ1v) is 5.09. The highest BCUT2D eigenvalue weighted by atomic mass is 35.5. The summed E-state index contributed by atoms with van der Waals surface area (Å²) in [5.41, 5.74) is 2.71. The van der Waals surface area contributed by atoms with Crippen molar-refractivity contribution in [3.05, 3.63) is 40.4 Å². The van der Waals surface area contributed by atoms with Crippen LogP contribution in [0.4, 0.5) is 5.69 Å². The van der Waals surface area contributed by atoms with E-state index in [-0.39, 0.29) is 5.91 Å². The number of anilines is 1. The standard InChI is InChI=1S/C12H14ClNO/c1-8(2)6-12(15)14-11-7-10(13)5-4-9(11)3/h4-7H,1-3H3,(H,14,15). The van der Waals surface area contributed by atoms with Crippen LogP contribution in [-0.2, 0) is 4.79 Å². The van der Waals surface area contributed by atoms with E-state index in [1.807, 2.05) is 26.8 Å². The number of halogens is 1. The van der Waals surface area contributed by atoms with E-state index < -0.39 is 0 Å². The lowest BCUT2D eigenvalue weighted by molar-refractivity contribution is -0.111. The molecule has 80 valence electrons. The van der Waals surface area contributed by atoms with E-state index in [0.717, 1.165) is 16.8 Å². The third-order valence-corrected chi connectivity index (χ3v) is 2.11. The SMILES string of the molecule is CC(C)=CC(=O)Nc1cc(Cl)ccc1C. The summed E-state index contributed by atoms with van der Waals surface area (Å²) in [5.74, 6) is -0.125. The van der Waals surface area contributed by atoms with Crippen LogP contribution in [0.1, 0.15) is 19.4 Å². The van der Waals surface area contributed by atoms with Gasteiger partial charge in [-0.25, -0.2) is 0 Å². The molecule has 2 nitrogen and oxygen atoms in total. The van der Waals surface area contributed by atoms with Crippen molar-refractivity contribution < 1.29 is 4.79 Å². The molecule has 1 N–H and O–H groups in total. The van der Waals surface area contributed by atoms with Crippen molar-refractivity contribution >= 4 is 23.2 Å². The molecule has 0 aliphatic rings. The largest absolute Gasteiger partial charge is 0.322 e. The number of hydrogen-bond donors (Lipinski definition) is 1. The minimum Gasteiger partial charge on any atom is -0.322 e. The Morgan fingerprint density at radius 3 is 2.67 bits per heavy atom. The molecule has 0 aliphatic carbocycles. The van der Waals surface area contributed by atoms with Crippen LogP contribution in [0.25, 0.3) is 0 Å². The summed E-state index contributed by atoms with van der Waals surface area (Å²) in [5, 5.41) is 3.40. The lowest BCUT2D eigenvalue weighted by Crippen LogP contribution is -2.09. The van der Waals surface area contributed by atoms with Gasteiger partial charge in [0.15, 0.2) is 0 Å². The molecule has 0 fully saturated rings. The molecule has 0 heterocycles. The fraction of sp³-hybridized carbons (Fsp3) is 0.250. The van der Waals surface area contributed by atoms with Crippen LogP contribution >= 0.6 is 11.6 Å². The number of amides is 1. The molecular weight excluding hydrogens is 210 g/mol. The van der Waals surface area contributed by atoms with Gasteiger partial charge in [-0.05, 0) is 38.5 Å². The second-order valence-corrected chi connectivity index (χ2v) is 4.11. The lowest BCUT2D eigenvalue weighted by Gasteiger charge is -2.06. The Kier molecular flexibility index (Phi) is 3.92. The Balaban J connectivity index is 2.85. The number of aryl methyl sites for hydroxylation is 1. The topological polar surface area (TPSA) is 29.1 Å². The average Bonchev–Trinajstić information content (AvgIpc) is 2.10. The molecule has 0 unspecified atom stereocenters. The molecule has 0 spiro atoms. The molecule has 0 radical (unpaired) electrons. The Morgan fingerprint density at radius 2 is 2.07 bits per heavy atom. The number of carbonyl (C=O) groups is 1. The van der Waals surface area contributed by atoms with Crippen LogP contribution in [0.3, 0.4) is 0 Å². The van der Waals surface area contributed by atoms with Gasteiger partial charge in [-0.3, -0.25) is 4.79 Å². The molecule has 1 amide bonds. The monoisotopic (exact) mass is 223 g/mol. The summed E-state index contributed by atoms with van der Waals surface area (Å²) in [6.07, 6.45) is 1.56. The highest BCUT2D eigenvalue weighted by Gasteiger charge is 2.02. The molecule has 3 heteroatoms. The molecule has 1 aromatic carbocycles. The molecule has 0 atom stereocenters. The second-order valence-electron chi connectivity index (χ2n) is 3.67. The second kappa shape index (κ2) is 4.99. The Morgan fingerprint density at radius 1 is 1.40 bits per heavy atom. The van der Waals surface area contributed by atoms with E-state index in [4.69, 9.17) is 11.6 Å². The summed E-state index contributed by atoms with van der Waals surface area (Å²) in [6.45, 7) is 5.68. The summed E-state index contributed by atoms with van der Waals surface area (Å²) in [6, 6.07) is 5.42.